The minimum atomic E-state index is -0.527. The van der Waals surface area contributed by atoms with Gasteiger partial charge in [0.1, 0.15) is 11.4 Å². The molecule has 2 atom stereocenters. The molecule has 0 aliphatic carbocycles. The average molecular weight is 414 g/mol. The number of hydrogen-bond donors (Lipinski definition) is 3. The van der Waals surface area contributed by atoms with Crippen LogP contribution in [0.15, 0.2) is 24.4 Å². The third-order valence-corrected chi connectivity index (χ3v) is 4.99. The highest BCUT2D eigenvalue weighted by atomic mass is 16.5. The highest BCUT2D eigenvalue weighted by molar-refractivity contribution is 6.05. The van der Waals surface area contributed by atoms with Crippen LogP contribution in [-0.4, -0.2) is 46.4 Å². The second kappa shape index (κ2) is 9.38. The van der Waals surface area contributed by atoms with Crippen LogP contribution in [-0.2, 0) is 20.9 Å². The second-order valence-corrected chi connectivity index (χ2v) is 7.17. The summed E-state index contributed by atoms with van der Waals surface area (Å²) >= 11 is 0. The van der Waals surface area contributed by atoms with Gasteiger partial charge >= 0.3 is 0 Å². The predicted octanol–water partition coefficient (Wildman–Crippen LogP) is 1.12. The van der Waals surface area contributed by atoms with Gasteiger partial charge in [-0.3, -0.25) is 14.4 Å². The molecule has 2 heterocycles. The molecule has 1 aromatic heterocycles. The van der Waals surface area contributed by atoms with Crippen LogP contribution < -0.4 is 20.7 Å². The zero-order valence-electron chi connectivity index (χ0n) is 17.3. The normalized spacial score (nSPS) is 15.8. The summed E-state index contributed by atoms with van der Waals surface area (Å²) in [5.74, 6) is -0.352. The molecule has 10 nitrogen and oxygen atoms in total. The predicted molar refractivity (Wildman–Crippen MR) is 109 cm³/mol. The molecule has 1 aliphatic heterocycles. The van der Waals surface area contributed by atoms with E-state index in [4.69, 9.17) is 4.74 Å². The molecule has 0 bridgehead atoms. The Hall–Kier alpha value is -3.43. The van der Waals surface area contributed by atoms with Crippen LogP contribution in [0.1, 0.15) is 49.9 Å². The molecular formula is C20H26N6O4. The fraction of sp³-hybridized carbons (Fsp3) is 0.450. The number of aromatic nitrogens is 3. The van der Waals surface area contributed by atoms with Gasteiger partial charge in [-0.05, 0) is 18.6 Å². The molecular weight excluding hydrogens is 388 g/mol. The standard InChI is InChI=1S/C20H26N6O4/c1-4-18(27)22-10-13-11-26(25-24-13)12(2)9-21-19(28)8-16-15-6-5-14(30-3)7-17(15)23-20(16)29/h5-7,11-12,16H,4,8-10H2,1-3H3,(H,21,28)(H,22,27)(H,23,29). The van der Waals surface area contributed by atoms with Crippen molar-refractivity contribution >= 4 is 23.4 Å². The smallest absolute Gasteiger partial charge is 0.232 e. The first-order chi connectivity index (χ1) is 14.4. The monoisotopic (exact) mass is 414 g/mol. The van der Waals surface area contributed by atoms with Crippen molar-refractivity contribution in [3.8, 4) is 5.75 Å². The number of ether oxygens (including phenoxy) is 1. The summed E-state index contributed by atoms with van der Waals surface area (Å²) < 4.78 is 6.80. The van der Waals surface area contributed by atoms with Gasteiger partial charge in [-0.15, -0.1) is 5.10 Å². The lowest BCUT2D eigenvalue weighted by Gasteiger charge is -2.14. The van der Waals surface area contributed by atoms with Crippen molar-refractivity contribution in [2.24, 2.45) is 0 Å². The van der Waals surface area contributed by atoms with Crippen LogP contribution in [0.25, 0.3) is 0 Å². The molecule has 1 aliphatic rings. The molecule has 0 saturated carbocycles. The Kier molecular flexibility index (Phi) is 6.65. The number of nitrogens with zero attached hydrogens (tertiary/aromatic N) is 3. The first-order valence-corrected chi connectivity index (χ1v) is 9.84. The van der Waals surface area contributed by atoms with Gasteiger partial charge < -0.3 is 20.7 Å². The lowest BCUT2D eigenvalue weighted by Crippen LogP contribution is -2.31. The number of hydrogen-bond acceptors (Lipinski definition) is 6. The largest absolute Gasteiger partial charge is 0.497 e. The van der Waals surface area contributed by atoms with Crippen LogP contribution >= 0.6 is 0 Å². The number of carbonyl (C=O) groups is 3. The maximum Gasteiger partial charge on any atom is 0.232 e. The van der Waals surface area contributed by atoms with Crippen molar-refractivity contribution in [3.63, 3.8) is 0 Å². The Bertz CT molecular complexity index is 941. The molecule has 0 radical (unpaired) electrons. The summed E-state index contributed by atoms with van der Waals surface area (Å²) in [6.45, 7) is 4.33. The van der Waals surface area contributed by atoms with E-state index in [1.54, 1.807) is 43.1 Å². The Morgan fingerprint density at radius 3 is 2.83 bits per heavy atom. The number of fused-ring (bicyclic) bond motifs is 1. The fourth-order valence-corrected chi connectivity index (χ4v) is 3.17. The van der Waals surface area contributed by atoms with Gasteiger partial charge in [0, 0.05) is 31.1 Å². The maximum absolute atomic E-state index is 12.4. The summed E-state index contributed by atoms with van der Waals surface area (Å²) in [7, 11) is 1.56. The number of anilines is 1. The molecule has 2 unspecified atom stereocenters. The Labute approximate surface area is 174 Å². The van der Waals surface area contributed by atoms with Crippen molar-refractivity contribution in [3.05, 3.63) is 35.7 Å². The van der Waals surface area contributed by atoms with Gasteiger partial charge in [0.25, 0.3) is 0 Å². The highest BCUT2D eigenvalue weighted by Crippen LogP contribution is 2.36. The van der Waals surface area contributed by atoms with Crippen LogP contribution in [0.3, 0.4) is 0 Å². The summed E-state index contributed by atoms with van der Waals surface area (Å²) in [6, 6.07) is 5.20. The lowest BCUT2D eigenvalue weighted by atomic mass is 9.97. The Morgan fingerprint density at radius 1 is 1.30 bits per heavy atom. The third kappa shape index (κ3) is 4.94. The van der Waals surface area contributed by atoms with Crippen molar-refractivity contribution < 1.29 is 19.1 Å². The third-order valence-electron chi connectivity index (χ3n) is 4.99. The van der Waals surface area contributed by atoms with Crippen molar-refractivity contribution in [1.82, 2.24) is 25.6 Å². The molecule has 10 heteroatoms. The zero-order valence-corrected chi connectivity index (χ0v) is 17.3. The minimum Gasteiger partial charge on any atom is -0.497 e. The topological polar surface area (TPSA) is 127 Å². The molecule has 0 fully saturated rings. The molecule has 2 aromatic rings. The van der Waals surface area contributed by atoms with Gasteiger partial charge in [0.2, 0.25) is 17.7 Å². The van der Waals surface area contributed by atoms with E-state index in [1.165, 1.54) is 0 Å². The van der Waals surface area contributed by atoms with E-state index in [0.717, 1.165) is 5.56 Å². The van der Waals surface area contributed by atoms with Crippen LogP contribution in [0, 0.1) is 0 Å². The van der Waals surface area contributed by atoms with Gasteiger partial charge in [-0.1, -0.05) is 18.2 Å². The number of carbonyl (C=O) groups excluding carboxylic acids is 3. The number of rotatable bonds is 9. The molecule has 160 valence electrons. The zero-order chi connectivity index (χ0) is 21.7. The summed E-state index contributed by atoms with van der Waals surface area (Å²) in [5, 5.41) is 16.5. The quantitative estimate of drug-likeness (QED) is 0.564. The van der Waals surface area contributed by atoms with E-state index in [1.807, 2.05) is 6.92 Å². The lowest BCUT2D eigenvalue weighted by molar-refractivity contribution is -0.125. The molecule has 0 saturated heterocycles. The molecule has 3 N–H and O–H groups in total. The second-order valence-electron chi connectivity index (χ2n) is 7.17. The number of amides is 3. The van der Waals surface area contributed by atoms with Crippen molar-refractivity contribution in [1.29, 1.82) is 0 Å². The van der Waals surface area contributed by atoms with Gasteiger partial charge in [-0.2, -0.15) is 0 Å². The van der Waals surface area contributed by atoms with Crippen LogP contribution in [0.2, 0.25) is 0 Å². The Morgan fingerprint density at radius 2 is 2.10 bits per heavy atom. The number of nitrogens with one attached hydrogen (secondary N) is 3. The summed E-state index contributed by atoms with van der Waals surface area (Å²) in [4.78, 5) is 36.0. The SMILES string of the molecule is CCC(=O)NCc1cn(C(C)CNC(=O)CC2C(=O)Nc3cc(OC)ccc32)nn1. The highest BCUT2D eigenvalue weighted by Gasteiger charge is 2.32. The summed E-state index contributed by atoms with van der Waals surface area (Å²) in [6.07, 6.45) is 2.21. The Balaban J connectivity index is 1.51. The average Bonchev–Trinajstić information content (AvgIpc) is 3.34. The van der Waals surface area contributed by atoms with Crippen molar-refractivity contribution in [2.45, 2.75) is 45.2 Å². The van der Waals surface area contributed by atoms with E-state index in [9.17, 15) is 14.4 Å². The van der Waals surface area contributed by atoms with Crippen LogP contribution in [0.5, 0.6) is 5.75 Å². The molecule has 30 heavy (non-hydrogen) atoms. The van der Waals surface area contributed by atoms with E-state index < -0.39 is 5.92 Å². The first kappa shape index (κ1) is 21.3. The molecule has 3 rings (SSSR count). The minimum absolute atomic E-state index is 0.0548. The van der Waals surface area contributed by atoms with E-state index in [-0.39, 0.29) is 30.2 Å². The number of benzene rings is 1. The van der Waals surface area contributed by atoms with Crippen LogP contribution in [0.4, 0.5) is 5.69 Å². The van der Waals surface area contributed by atoms with Gasteiger partial charge in [0.05, 0.1) is 31.8 Å². The van der Waals surface area contributed by atoms with E-state index >= 15 is 0 Å². The van der Waals surface area contributed by atoms with E-state index in [0.29, 0.717) is 36.6 Å². The van der Waals surface area contributed by atoms with Crippen molar-refractivity contribution in [2.75, 3.05) is 19.0 Å². The first-order valence-electron chi connectivity index (χ1n) is 9.84. The van der Waals surface area contributed by atoms with E-state index in [2.05, 4.69) is 26.3 Å². The molecule has 0 spiro atoms. The van der Waals surface area contributed by atoms with Gasteiger partial charge in [0.15, 0.2) is 0 Å². The number of methoxy groups -OCH3 is 1. The molecule has 3 amide bonds. The molecule has 1 aromatic carbocycles. The fourth-order valence-electron chi connectivity index (χ4n) is 3.17. The van der Waals surface area contributed by atoms with Gasteiger partial charge in [-0.25, -0.2) is 4.68 Å². The summed E-state index contributed by atoms with van der Waals surface area (Å²) in [5.41, 5.74) is 2.11. The maximum atomic E-state index is 12.4.